The van der Waals surface area contributed by atoms with Gasteiger partial charge in [-0.3, -0.25) is 14.2 Å². The molecule has 1 unspecified atom stereocenters. The second-order valence-corrected chi connectivity index (χ2v) is 6.52. The molecule has 0 amide bonds. The van der Waals surface area contributed by atoms with Crippen LogP contribution in [0.15, 0.2) is 66.0 Å². The summed E-state index contributed by atoms with van der Waals surface area (Å²) in [7, 11) is 3.17. The van der Waals surface area contributed by atoms with Gasteiger partial charge in [0.2, 0.25) is 5.88 Å². The first-order valence-electron chi connectivity index (χ1n) is 9.10. The topological polar surface area (TPSA) is 87.0 Å². The highest BCUT2D eigenvalue weighted by Crippen LogP contribution is 2.28. The van der Waals surface area contributed by atoms with Crippen molar-refractivity contribution < 1.29 is 9.47 Å². The fraction of sp³-hybridized carbons (Fsp3) is 0.190. The Balaban J connectivity index is 1.71. The maximum atomic E-state index is 13.1. The van der Waals surface area contributed by atoms with Gasteiger partial charge in [0.15, 0.2) is 0 Å². The van der Waals surface area contributed by atoms with Gasteiger partial charge >= 0.3 is 5.69 Å². The molecule has 0 spiro atoms. The molecule has 0 saturated heterocycles. The Kier molecular flexibility index (Phi) is 4.90. The lowest BCUT2D eigenvalue weighted by Crippen LogP contribution is -2.26. The predicted octanol–water partition coefficient (Wildman–Crippen LogP) is 3.05. The van der Waals surface area contributed by atoms with E-state index < -0.39 is 0 Å². The van der Waals surface area contributed by atoms with Gasteiger partial charge in [-0.15, -0.1) is 0 Å². The normalized spacial score (nSPS) is 12.0. The van der Waals surface area contributed by atoms with Gasteiger partial charge in [-0.05, 0) is 36.8 Å². The third-order valence-corrected chi connectivity index (χ3v) is 4.89. The lowest BCUT2D eigenvalue weighted by atomic mass is 10.1. The Morgan fingerprint density at radius 3 is 2.69 bits per heavy atom. The number of nitrogens with one attached hydrogen (secondary N) is 1. The van der Waals surface area contributed by atoms with Crippen LogP contribution in [0.2, 0.25) is 0 Å². The smallest absolute Gasteiger partial charge is 0.334 e. The van der Waals surface area contributed by atoms with Crippen molar-refractivity contribution in [1.29, 1.82) is 0 Å². The van der Waals surface area contributed by atoms with Gasteiger partial charge in [0.05, 0.1) is 26.5 Å². The number of methoxy groups -OCH3 is 2. The van der Waals surface area contributed by atoms with Gasteiger partial charge in [0.1, 0.15) is 11.6 Å². The maximum absolute atomic E-state index is 13.1. The molecule has 0 saturated carbocycles. The number of imidazole rings is 1. The Labute approximate surface area is 167 Å². The summed E-state index contributed by atoms with van der Waals surface area (Å²) in [6.45, 7) is 1.97. The van der Waals surface area contributed by atoms with Crippen LogP contribution >= 0.6 is 0 Å². The molecular formula is C21H21N5O3. The Hall–Kier alpha value is -3.81. The first kappa shape index (κ1) is 18.5. The minimum atomic E-state index is -0.189. The largest absolute Gasteiger partial charge is 0.497 e. The summed E-state index contributed by atoms with van der Waals surface area (Å²) in [5, 5.41) is 6.73. The molecule has 0 bridgehead atoms. The van der Waals surface area contributed by atoms with Crippen LogP contribution in [0, 0.1) is 0 Å². The van der Waals surface area contributed by atoms with Crippen molar-refractivity contribution in [3.8, 4) is 28.6 Å². The van der Waals surface area contributed by atoms with Crippen LogP contribution in [-0.4, -0.2) is 38.5 Å². The zero-order valence-corrected chi connectivity index (χ0v) is 16.4. The molecule has 1 N–H and O–H groups in total. The van der Waals surface area contributed by atoms with Crippen LogP contribution in [-0.2, 0) is 0 Å². The highest BCUT2D eigenvalue weighted by molar-refractivity contribution is 5.67. The molecule has 3 heterocycles. The van der Waals surface area contributed by atoms with Crippen molar-refractivity contribution in [2.24, 2.45) is 0 Å². The average molecular weight is 391 g/mol. The van der Waals surface area contributed by atoms with Gasteiger partial charge < -0.3 is 9.47 Å². The summed E-state index contributed by atoms with van der Waals surface area (Å²) in [6.07, 6.45) is 6.91. The predicted molar refractivity (Wildman–Crippen MR) is 109 cm³/mol. The molecular weight excluding hydrogens is 370 g/mol. The van der Waals surface area contributed by atoms with E-state index in [1.54, 1.807) is 49.6 Å². The summed E-state index contributed by atoms with van der Waals surface area (Å²) in [5.41, 5.74) is 2.44. The molecule has 148 valence electrons. The molecule has 0 aliphatic rings. The van der Waals surface area contributed by atoms with Gasteiger partial charge in [0, 0.05) is 29.7 Å². The zero-order chi connectivity index (χ0) is 20.4. The minimum absolute atomic E-state index is 0.161. The van der Waals surface area contributed by atoms with Crippen molar-refractivity contribution in [3.05, 3.63) is 77.2 Å². The molecule has 1 aromatic carbocycles. The highest BCUT2D eigenvalue weighted by Gasteiger charge is 2.16. The van der Waals surface area contributed by atoms with Crippen molar-refractivity contribution in [2.45, 2.75) is 13.0 Å². The summed E-state index contributed by atoms with van der Waals surface area (Å²) >= 11 is 0. The van der Waals surface area contributed by atoms with Crippen molar-refractivity contribution in [3.63, 3.8) is 0 Å². The van der Waals surface area contributed by atoms with Crippen molar-refractivity contribution in [1.82, 2.24) is 24.3 Å². The maximum Gasteiger partial charge on any atom is 0.334 e. The van der Waals surface area contributed by atoms with Crippen LogP contribution in [0.4, 0.5) is 0 Å². The van der Waals surface area contributed by atoms with E-state index in [9.17, 15) is 4.79 Å². The molecule has 8 heteroatoms. The Morgan fingerprint density at radius 1 is 1.10 bits per heavy atom. The van der Waals surface area contributed by atoms with Crippen molar-refractivity contribution >= 4 is 0 Å². The Morgan fingerprint density at radius 2 is 1.97 bits per heavy atom. The number of hydrogen-bond acceptors (Lipinski definition) is 5. The standard InChI is InChI=1S/C21H21N5O3/c1-14(15-5-4-6-17(11-15)28-2)25-9-10-26(21(25)27)19-8-7-18(20(24-19)29-3)16-12-22-23-13-16/h4-14H,1-3H3,(H,22,23). The molecule has 29 heavy (non-hydrogen) atoms. The molecule has 4 aromatic rings. The van der Waals surface area contributed by atoms with E-state index in [0.29, 0.717) is 11.7 Å². The zero-order valence-electron chi connectivity index (χ0n) is 16.4. The van der Waals surface area contributed by atoms with Crippen LogP contribution in [0.25, 0.3) is 16.9 Å². The quantitative estimate of drug-likeness (QED) is 0.546. The van der Waals surface area contributed by atoms with Gasteiger partial charge in [-0.1, -0.05) is 12.1 Å². The fourth-order valence-electron chi connectivity index (χ4n) is 3.26. The van der Waals surface area contributed by atoms with Gasteiger partial charge in [-0.2, -0.15) is 10.1 Å². The van der Waals surface area contributed by atoms with Crippen LogP contribution in [0.5, 0.6) is 11.6 Å². The van der Waals surface area contributed by atoms with E-state index >= 15 is 0 Å². The van der Waals surface area contributed by atoms with Crippen LogP contribution in [0.1, 0.15) is 18.5 Å². The summed E-state index contributed by atoms with van der Waals surface area (Å²) in [5.74, 6) is 1.66. The molecule has 4 rings (SSSR count). The van der Waals surface area contributed by atoms with Gasteiger partial charge in [-0.25, -0.2) is 4.79 Å². The first-order chi connectivity index (χ1) is 14.1. The third-order valence-electron chi connectivity index (χ3n) is 4.89. The van der Waals surface area contributed by atoms with E-state index in [-0.39, 0.29) is 11.7 Å². The van der Waals surface area contributed by atoms with Gasteiger partial charge in [0.25, 0.3) is 0 Å². The molecule has 0 radical (unpaired) electrons. The fourth-order valence-corrected chi connectivity index (χ4v) is 3.26. The monoisotopic (exact) mass is 391 g/mol. The number of nitrogens with zero attached hydrogens (tertiary/aromatic N) is 4. The molecule has 1 atom stereocenters. The number of hydrogen-bond donors (Lipinski definition) is 1. The number of benzene rings is 1. The third kappa shape index (κ3) is 3.40. The minimum Gasteiger partial charge on any atom is -0.497 e. The summed E-state index contributed by atoms with van der Waals surface area (Å²) in [6, 6.07) is 11.2. The number of ether oxygens (including phenoxy) is 2. The van der Waals surface area contributed by atoms with E-state index in [0.717, 1.165) is 22.4 Å². The summed E-state index contributed by atoms with van der Waals surface area (Å²) < 4.78 is 13.9. The van der Waals surface area contributed by atoms with E-state index in [4.69, 9.17) is 9.47 Å². The van der Waals surface area contributed by atoms with Crippen LogP contribution < -0.4 is 15.2 Å². The molecule has 0 aliphatic heterocycles. The SMILES string of the molecule is COc1cccc(C(C)n2ccn(-c3ccc(-c4cn[nH]c4)c(OC)n3)c2=O)c1. The van der Waals surface area contributed by atoms with E-state index in [1.807, 2.05) is 37.3 Å². The lowest BCUT2D eigenvalue weighted by Gasteiger charge is -2.14. The molecule has 0 fully saturated rings. The molecule has 3 aromatic heterocycles. The molecule has 8 nitrogen and oxygen atoms in total. The molecule has 0 aliphatic carbocycles. The van der Waals surface area contributed by atoms with Crippen LogP contribution in [0.3, 0.4) is 0 Å². The number of pyridine rings is 1. The Bertz CT molecular complexity index is 1180. The summed E-state index contributed by atoms with van der Waals surface area (Å²) in [4.78, 5) is 17.6. The first-order valence-corrected chi connectivity index (χ1v) is 9.10. The lowest BCUT2D eigenvalue weighted by molar-refractivity contribution is 0.399. The number of aromatic nitrogens is 5. The highest BCUT2D eigenvalue weighted by atomic mass is 16.5. The van der Waals surface area contributed by atoms with E-state index in [2.05, 4.69) is 15.2 Å². The number of H-pyrrole nitrogens is 1. The number of aromatic amines is 1. The van der Waals surface area contributed by atoms with Crippen molar-refractivity contribution in [2.75, 3.05) is 14.2 Å². The van der Waals surface area contributed by atoms with E-state index in [1.165, 1.54) is 4.57 Å². The average Bonchev–Trinajstić information content (AvgIpc) is 3.43. The second kappa shape index (κ2) is 7.67. The second-order valence-electron chi connectivity index (χ2n) is 6.52. The number of rotatable bonds is 6.